The summed E-state index contributed by atoms with van der Waals surface area (Å²) in [5.41, 5.74) is 3.96. The van der Waals surface area contributed by atoms with E-state index in [9.17, 15) is 8.42 Å². The quantitative estimate of drug-likeness (QED) is 0.785. The van der Waals surface area contributed by atoms with E-state index in [1.165, 1.54) is 30.4 Å². The number of fused-ring (bicyclic) bond motifs is 1. The molecule has 2 nitrogen and oxygen atoms in total. The maximum absolute atomic E-state index is 11.6. The molecule has 1 aliphatic heterocycles. The lowest BCUT2D eigenvalue weighted by Crippen LogP contribution is -2.11. The molecule has 1 heterocycles. The van der Waals surface area contributed by atoms with Gasteiger partial charge < -0.3 is 0 Å². The maximum Gasteiger partial charge on any atom is 0.150 e. The minimum atomic E-state index is -2.85. The standard InChI is InChI=1S/C15H19ClO2S/c16-15(14-7-8-19(17,18)10-14)13-6-5-11-3-1-2-4-12(11)9-13/h5-6,9,14-15H,1-4,7-8,10H2. The van der Waals surface area contributed by atoms with Crippen LogP contribution in [0.25, 0.3) is 0 Å². The van der Waals surface area contributed by atoms with Crippen molar-refractivity contribution in [3.05, 3.63) is 34.9 Å². The summed E-state index contributed by atoms with van der Waals surface area (Å²) in [6.07, 6.45) is 5.53. The van der Waals surface area contributed by atoms with Crippen LogP contribution in [-0.2, 0) is 22.7 Å². The summed E-state index contributed by atoms with van der Waals surface area (Å²) in [6.45, 7) is 0. The molecule has 104 valence electrons. The third-order valence-corrected chi connectivity index (χ3v) is 6.77. The number of hydrogen-bond donors (Lipinski definition) is 0. The van der Waals surface area contributed by atoms with E-state index in [-0.39, 0.29) is 17.0 Å². The highest BCUT2D eigenvalue weighted by Crippen LogP contribution is 2.37. The second-order valence-corrected chi connectivity index (χ2v) is 8.50. The van der Waals surface area contributed by atoms with Crippen LogP contribution in [0.1, 0.15) is 41.3 Å². The van der Waals surface area contributed by atoms with Gasteiger partial charge in [-0.05, 0) is 54.7 Å². The highest BCUT2D eigenvalue weighted by molar-refractivity contribution is 7.91. The average molecular weight is 299 g/mol. The third-order valence-electron chi connectivity index (χ3n) is 4.37. The lowest BCUT2D eigenvalue weighted by Gasteiger charge is -2.20. The van der Waals surface area contributed by atoms with Crippen LogP contribution < -0.4 is 0 Å². The first-order valence-corrected chi connectivity index (χ1v) is 9.27. The Bertz CT molecular complexity index is 580. The zero-order valence-electron chi connectivity index (χ0n) is 10.9. The summed E-state index contributed by atoms with van der Waals surface area (Å²) in [4.78, 5) is 0. The van der Waals surface area contributed by atoms with Gasteiger partial charge in [0.05, 0.1) is 16.9 Å². The van der Waals surface area contributed by atoms with Crippen molar-refractivity contribution >= 4 is 21.4 Å². The summed E-state index contributed by atoms with van der Waals surface area (Å²) >= 11 is 6.52. The fourth-order valence-corrected chi connectivity index (χ4v) is 5.55. The zero-order chi connectivity index (χ0) is 13.5. The average Bonchev–Trinajstić information content (AvgIpc) is 2.78. The summed E-state index contributed by atoms with van der Waals surface area (Å²) in [5.74, 6) is 0.623. The van der Waals surface area contributed by atoms with Crippen LogP contribution in [0.2, 0.25) is 0 Å². The molecule has 0 aromatic heterocycles. The Morgan fingerprint density at radius 2 is 1.89 bits per heavy atom. The van der Waals surface area contributed by atoms with Gasteiger partial charge in [-0.2, -0.15) is 0 Å². The Morgan fingerprint density at radius 1 is 1.16 bits per heavy atom. The fraction of sp³-hybridized carbons (Fsp3) is 0.600. The first-order valence-electron chi connectivity index (χ1n) is 7.01. The van der Waals surface area contributed by atoms with Crippen LogP contribution in [0.15, 0.2) is 18.2 Å². The minimum absolute atomic E-state index is 0.0771. The van der Waals surface area contributed by atoms with E-state index < -0.39 is 9.84 Å². The Labute approximate surface area is 120 Å². The molecule has 2 atom stereocenters. The number of aryl methyl sites for hydroxylation is 2. The van der Waals surface area contributed by atoms with Crippen LogP contribution in [0, 0.1) is 5.92 Å². The van der Waals surface area contributed by atoms with Crippen LogP contribution >= 0.6 is 11.6 Å². The molecule has 1 fully saturated rings. The number of rotatable bonds is 2. The lowest BCUT2D eigenvalue weighted by atomic mass is 9.88. The van der Waals surface area contributed by atoms with Crippen LogP contribution in [0.4, 0.5) is 0 Å². The molecule has 1 aromatic rings. The van der Waals surface area contributed by atoms with E-state index in [1.54, 1.807) is 0 Å². The summed E-state index contributed by atoms with van der Waals surface area (Å²) < 4.78 is 23.1. The van der Waals surface area contributed by atoms with Gasteiger partial charge in [0.15, 0.2) is 9.84 Å². The molecule has 2 aliphatic rings. The molecule has 0 radical (unpaired) electrons. The summed E-state index contributed by atoms with van der Waals surface area (Å²) in [5, 5.41) is -0.162. The van der Waals surface area contributed by atoms with Crippen LogP contribution in [0.5, 0.6) is 0 Å². The van der Waals surface area contributed by atoms with Gasteiger partial charge in [0.2, 0.25) is 0 Å². The van der Waals surface area contributed by atoms with E-state index in [4.69, 9.17) is 11.6 Å². The molecule has 19 heavy (non-hydrogen) atoms. The normalized spacial score (nSPS) is 26.9. The second-order valence-electron chi connectivity index (χ2n) is 5.80. The largest absolute Gasteiger partial charge is 0.229 e. The SMILES string of the molecule is O=S1(=O)CCC(C(Cl)c2ccc3c(c2)CCCC3)C1. The van der Waals surface area contributed by atoms with E-state index in [0.29, 0.717) is 12.2 Å². The fourth-order valence-electron chi connectivity index (χ4n) is 3.25. The Morgan fingerprint density at radius 3 is 2.58 bits per heavy atom. The highest BCUT2D eigenvalue weighted by Gasteiger charge is 2.33. The van der Waals surface area contributed by atoms with Crippen molar-refractivity contribution in [1.29, 1.82) is 0 Å². The van der Waals surface area contributed by atoms with E-state index in [2.05, 4.69) is 18.2 Å². The Hall–Kier alpha value is -0.540. The monoisotopic (exact) mass is 298 g/mol. The molecule has 0 bridgehead atoms. The van der Waals surface area contributed by atoms with Crippen LogP contribution in [-0.4, -0.2) is 19.9 Å². The van der Waals surface area contributed by atoms with Gasteiger partial charge in [0, 0.05) is 0 Å². The van der Waals surface area contributed by atoms with Crippen LogP contribution in [0.3, 0.4) is 0 Å². The molecule has 2 unspecified atom stereocenters. The van der Waals surface area contributed by atoms with Gasteiger partial charge in [0.1, 0.15) is 0 Å². The molecule has 0 amide bonds. The topological polar surface area (TPSA) is 34.1 Å². The number of alkyl halides is 1. The molecule has 1 aromatic carbocycles. The molecule has 0 N–H and O–H groups in total. The highest BCUT2D eigenvalue weighted by atomic mass is 35.5. The zero-order valence-corrected chi connectivity index (χ0v) is 12.5. The van der Waals surface area contributed by atoms with Gasteiger partial charge in [-0.25, -0.2) is 8.42 Å². The first kappa shape index (κ1) is 13.4. The van der Waals surface area contributed by atoms with Crippen molar-refractivity contribution in [1.82, 2.24) is 0 Å². The number of sulfone groups is 1. The van der Waals surface area contributed by atoms with Gasteiger partial charge in [0.25, 0.3) is 0 Å². The molecule has 4 heteroatoms. The van der Waals surface area contributed by atoms with Crippen molar-refractivity contribution in [2.45, 2.75) is 37.5 Å². The smallest absolute Gasteiger partial charge is 0.150 e. The number of halogens is 1. The lowest BCUT2D eigenvalue weighted by molar-refractivity contribution is 0.567. The number of benzene rings is 1. The maximum atomic E-state index is 11.6. The van der Waals surface area contributed by atoms with Crippen molar-refractivity contribution < 1.29 is 8.42 Å². The summed E-state index contributed by atoms with van der Waals surface area (Å²) in [6, 6.07) is 6.48. The van der Waals surface area contributed by atoms with E-state index in [1.807, 2.05) is 0 Å². The molecule has 0 spiro atoms. The van der Waals surface area contributed by atoms with Crippen molar-refractivity contribution in [2.75, 3.05) is 11.5 Å². The molecule has 1 saturated heterocycles. The van der Waals surface area contributed by atoms with Gasteiger partial charge >= 0.3 is 0 Å². The Balaban J connectivity index is 1.82. The van der Waals surface area contributed by atoms with Gasteiger partial charge in [-0.3, -0.25) is 0 Å². The second kappa shape index (κ2) is 5.10. The predicted molar refractivity (Wildman–Crippen MR) is 78.4 cm³/mol. The summed E-state index contributed by atoms with van der Waals surface area (Å²) in [7, 11) is -2.85. The van der Waals surface area contributed by atoms with E-state index in [0.717, 1.165) is 12.0 Å². The Kier molecular flexibility index (Phi) is 3.61. The van der Waals surface area contributed by atoms with Crippen molar-refractivity contribution in [2.24, 2.45) is 5.92 Å². The molecule has 3 rings (SSSR count). The third kappa shape index (κ3) is 2.82. The molecule has 0 saturated carbocycles. The van der Waals surface area contributed by atoms with Gasteiger partial charge in [-0.15, -0.1) is 11.6 Å². The van der Waals surface area contributed by atoms with Crippen molar-refractivity contribution in [3.8, 4) is 0 Å². The number of hydrogen-bond acceptors (Lipinski definition) is 2. The molecule has 1 aliphatic carbocycles. The molecular weight excluding hydrogens is 280 g/mol. The predicted octanol–water partition coefficient (Wildman–Crippen LogP) is 3.28. The van der Waals surface area contributed by atoms with E-state index >= 15 is 0 Å². The first-order chi connectivity index (χ1) is 9.05. The minimum Gasteiger partial charge on any atom is -0.229 e. The van der Waals surface area contributed by atoms with Gasteiger partial charge in [-0.1, -0.05) is 18.2 Å². The van der Waals surface area contributed by atoms with Crippen molar-refractivity contribution in [3.63, 3.8) is 0 Å². The molecular formula is C15H19ClO2S.